The van der Waals surface area contributed by atoms with E-state index in [1.807, 2.05) is 18.2 Å². The first-order chi connectivity index (χ1) is 9.27. The Labute approximate surface area is 115 Å². The highest BCUT2D eigenvalue weighted by Crippen LogP contribution is 2.36. The zero-order chi connectivity index (χ0) is 13.6. The van der Waals surface area contributed by atoms with Gasteiger partial charge in [-0.3, -0.25) is 4.79 Å². The first-order valence-corrected chi connectivity index (χ1v) is 7.27. The Kier molecular flexibility index (Phi) is 4.78. The second-order valence-corrected chi connectivity index (χ2v) is 5.35. The van der Waals surface area contributed by atoms with Crippen LogP contribution >= 0.6 is 0 Å². The molecule has 0 aromatic heterocycles. The van der Waals surface area contributed by atoms with Crippen LogP contribution < -0.4 is 5.32 Å². The van der Waals surface area contributed by atoms with Crippen LogP contribution in [0, 0.1) is 5.41 Å². The molecule has 2 heteroatoms. The number of nitrogens with one attached hydrogen (secondary N) is 1. The number of carbonyl (C=O) groups excluding carboxylic acids is 1. The fraction of sp³-hybridized carbons (Fsp3) is 0.471. The summed E-state index contributed by atoms with van der Waals surface area (Å²) in [7, 11) is 0. The van der Waals surface area contributed by atoms with Gasteiger partial charge in [0.25, 0.3) is 0 Å². The molecule has 1 saturated heterocycles. The van der Waals surface area contributed by atoms with Gasteiger partial charge in [-0.2, -0.15) is 0 Å². The molecule has 1 atom stereocenters. The monoisotopic (exact) mass is 257 g/mol. The summed E-state index contributed by atoms with van der Waals surface area (Å²) in [6, 6.07) is 10.3. The molecule has 102 valence electrons. The molecule has 0 spiro atoms. The summed E-state index contributed by atoms with van der Waals surface area (Å²) in [5, 5.41) is 3.02. The highest BCUT2D eigenvalue weighted by atomic mass is 16.2. The number of carbonyl (C=O) groups is 1. The van der Waals surface area contributed by atoms with Gasteiger partial charge >= 0.3 is 0 Å². The maximum Gasteiger partial charge on any atom is 0.226 e. The van der Waals surface area contributed by atoms with Gasteiger partial charge in [-0.25, -0.2) is 0 Å². The molecule has 1 N–H and O–H groups in total. The van der Waals surface area contributed by atoms with Crippen molar-refractivity contribution in [3.63, 3.8) is 0 Å². The minimum absolute atomic E-state index is 0.126. The summed E-state index contributed by atoms with van der Waals surface area (Å²) in [5.74, 6) is 0.259. The predicted octanol–water partition coefficient (Wildman–Crippen LogP) is 3.79. The van der Waals surface area contributed by atoms with Crippen LogP contribution in [0.2, 0.25) is 0 Å². The fourth-order valence-electron chi connectivity index (χ4n) is 2.83. The Morgan fingerprint density at radius 3 is 2.79 bits per heavy atom. The Balaban J connectivity index is 1.90. The Bertz CT molecular complexity index is 438. The minimum Gasteiger partial charge on any atom is -0.356 e. The number of piperidine rings is 1. The molecular weight excluding hydrogens is 234 g/mol. The molecule has 0 saturated carbocycles. The third kappa shape index (κ3) is 3.46. The number of hydrogen-bond acceptors (Lipinski definition) is 1. The average Bonchev–Trinajstić information content (AvgIpc) is 2.47. The van der Waals surface area contributed by atoms with E-state index >= 15 is 0 Å². The van der Waals surface area contributed by atoms with Crippen molar-refractivity contribution in [2.24, 2.45) is 5.41 Å². The molecule has 1 aliphatic rings. The van der Waals surface area contributed by atoms with Crippen LogP contribution in [0.4, 0.5) is 0 Å². The lowest BCUT2D eigenvalue weighted by molar-refractivity contribution is -0.134. The van der Waals surface area contributed by atoms with Crippen molar-refractivity contribution in [2.75, 3.05) is 6.54 Å². The lowest BCUT2D eigenvalue weighted by Gasteiger charge is -2.35. The van der Waals surface area contributed by atoms with Crippen molar-refractivity contribution in [2.45, 2.75) is 39.0 Å². The third-order valence-electron chi connectivity index (χ3n) is 4.18. The fourth-order valence-corrected chi connectivity index (χ4v) is 2.83. The molecule has 1 aromatic rings. The normalized spacial score (nSPS) is 23.5. The van der Waals surface area contributed by atoms with Gasteiger partial charge in [-0.1, -0.05) is 49.4 Å². The molecule has 0 aliphatic carbocycles. The van der Waals surface area contributed by atoms with Crippen molar-refractivity contribution in [1.82, 2.24) is 5.32 Å². The summed E-state index contributed by atoms with van der Waals surface area (Å²) in [4.78, 5) is 12.1. The Hall–Kier alpha value is -1.57. The summed E-state index contributed by atoms with van der Waals surface area (Å²) in [6.07, 6.45) is 9.35. The van der Waals surface area contributed by atoms with Crippen molar-refractivity contribution >= 4 is 12.0 Å². The van der Waals surface area contributed by atoms with Crippen molar-refractivity contribution < 1.29 is 4.79 Å². The standard InChI is InChI=1S/C17H23NO/c1-2-17(13-8-14-18-16(17)19)12-7-6-11-15-9-4-3-5-10-15/h3-6,9-11H,2,7-8,12-14H2,1H3,(H,18,19)/b11-6-. The maximum absolute atomic E-state index is 12.1. The van der Waals surface area contributed by atoms with Crippen LogP contribution in [-0.4, -0.2) is 12.5 Å². The van der Waals surface area contributed by atoms with E-state index in [2.05, 4.69) is 36.5 Å². The van der Waals surface area contributed by atoms with Crippen LogP contribution in [0.1, 0.15) is 44.6 Å². The Morgan fingerprint density at radius 1 is 1.32 bits per heavy atom. The van der Waals surface area contributed by atoms with E-state index in [1.165, 1.54) is 5.56 Å². The van der Waals surface area contributed by atoms with Crippen LogP contribution in [0.25, 0.3) is 6.08 Å². The lowest BCUT2D eigenvalue weighted by Crippen LogP contribution is -2.45. The number of amides is 1. The first-order valence-electron chi connectivity index (χ1n) is 7.27. The zero-order valence-corrected chi connectivity index (χ0v) is 11.7. The average molecular weight is 257 g/mol. The van der Waals surface area contributed by atoms with Gasteiger partial charge in [0.05, 0.1) is 0 Å². The highest BCUT2D eigenvalue weighted by molar-refractivity contribution is 5.83. The van der Waals surface area contributed by atoms with Crippen LogP contribution in [0.15, 0.2) is 36.4 Å². The largest absolute Gasteiger partial charge is 0.356 e. The van der Waals surface area contributed by atoms with Crippen molar-refractivity contribution in [3.8, 4) is 0 Å². The summed E-state index contributed by atoms with van der Waals surface area (Å²) in [5.41, 5.74) is 1.10. The van der Waals surface area contributed by atoms with E-state index in [0.717, 1.165) is 38.6 Å². The van der Waals surface area contributed by atoms with E-state index in [0.29, 0.717) is 0 Å². The molecule has 0 radical (unpaired) electrons. The molecule has 1 unspecified atom stereocenters. The van der Waals surface area contributed by atoms with Gasteiger partial charge in [0.15, 0.2) is 0 Å². The van der Waals surface area contributed by atoms with Gasteiger partial charge in [0.1, 0.15) is 0 Å². The zero-order valence-electron chi connectivity index (χ0n) is 11.7. The van der Waals surface area contributed by atoms with Gasteiger partial charge in [0, 0.05) is 12.0 Å². The smallest absolute Gasteiger partial charge is 0.226 e. The maximum atomic E-state index is 12.1. The van der Waals surface area contributed by atoms with E-state index in [-0.39, 0.29) is 11.3 Å². The summed E-state index contributed by atoms with van der Waals surface area (Å²) in [6.45, 7) is 2.98. The number of rotatable bonds is 5. The van der Waals surface area contributed by atoms with Crippen LogP contribution in [-0.2, 0) is 4.79 Å². The van der Waals surface area contributed by atoms with Crippen LogP contribution in [0.5, 0.6) is 0 Å². The predicted molar refractivity (Wildman–Crippen MR) is 79.7 cm³/mol. The van der Waals surface area contributed by atoms with E-state index in [9.17, 15) is 4.79 Å². The van der Waals surface area contributed by atoms with Crippen molar-refractivity contribution in [3.05, 3.63) is 42.0 Å². The molecule has 1 aromatic carbocycles. The van der Waals surface area contributed by atoms with Gasteiger partial charge in [0.2, 0.25) is 5.91 Å². The Morgan fingerprint density at radius 2 is 2.11 bits per heavy atom. The number of benzene rings is 1. The van der Waals surface area contributed by atoms with Gasteiger partial charge in [-0.15, -0.1) is 0 Å². The van der Waals surface area contributed by atoms with Crippen molar-refractivity contribution in [1.29, 1.82) is 0 Å². The lowest BCUT2D eigenvalue weighted by atomic mass is 9.74. The van der Waals surface area contributed by atoms with E-state index < -0.39 is 0 Å². The molecule has 1 fully saturated rings. The molecule has 2 rings (SSSR count). The quantitative estimate of drug-likeness (QED) is 0.854. The second kappa shape index (κ2) is 6.55. The SMILES string of the molecule is CCC1(CC/C=C\c2ccccc2)CCCNC1=O. The topological polar surface area (TPSA) is 29.1 Å². The molecule has 2 nitrogen and oxygen atoms in total. The molecule has 1 amide bonds. The minimum atomic E-state index is -0.126. The molecule has 0 bridgehead atoms. The number of allylic oxidation sites excluding steroid dienone is 1. The highest BCUT2D eigenvalue weighted by Gasteiger charge is 2.37. The summed E-state index contributed by atoms with van der Waals surface area (Å²) >= 11 is 0. The second-order valence-electron chi connectivity index (χ2n) is 5.35. The molecule has 1 aliphatic heterocycles. The van der Waals surface area contributed by atoms with E-state index in [1.54, 1.807) is 0 Å². The number of hydrogen-bond donors (Lipinski definition) is 1. The molecular formula is C17H23NO. The first kappa shape index (κ1) is 13.9. The van der Waals surface area contributed by atoms with Crippen LogP contribution in [0.3, 0.4) is 0 Å². The molecule has 19 heavy (non-hydrogen) atoms. The van der Waals surface area contributed by atoms with E-state index in [4.69, 9.17) is 0 Å². The van der Waals surface area contributed by atoms with Gasteiger partial charge in [-0.05, 0) is 37.7 Å². The summed E-state index contributed by atoms with van der Waals surface area (Å²) < 4.78 is 0. The third-order valence-corrected chi connectivity index (χ3v) is 4.18. The van der Waals surface area contributed by atoms with Gasteiger partial charge < -0.3 is 5.32 Å². The molecule has 1 heterocycles.